The monoisotopic (exact) mass is 423 g/mol. The van der Waals surface area contributed by atoms with Crippen LogP contribution < -0.4 is 4.74 Å². The minimum absolute atomic E-state index is 0.146. The van der Waals surface area contributed by atoms with Crippen LogP contribution in [0, 0.1) is 0 Å². The van der Waals surface area contributed by atoms with Gasteiger partial charge in [-0.05, 0) is 55.5 Å². The Labute approximate surface area is 179 Å². The smallest absolute Gasteiger partial charge is 0.249 e. The van der Waals surface area contributed by atoms with Crippen LogP contribution in [0.3, 0.4) is 0 Å². The molecule has 0 unspecified atom stereocenters. The molecule has 3 aromatic rings. The topological polar surface area (TPSA) is 68.5 Å². The highest BCUT2D eigenvalue weighted by Crippen LogP contribution is 2.51. The van der Waals surface area contributed by atoms with Crippen molar-refractivity contribution in [3.05, 3.63) is 65.0 Å². The van der Waals surface area contributed by atoms with Crippen molar-refractivity contribution in [3.63, 3.8) is 0 Å². The summed E-state index contributed by atoms with van der Waals surface area (Å²) in [6.07, 6.45) is 3.44. The van der Waals surface area contributed by atoms with E-state index in [-0.39, 0.29) is 11.9 Å². The van der Waals surface area contributed by atoms with E-state index in [1.165, 1.54) is 0 Å². The molecule has 5 rings (SSSR count). The molecule has 0 radical (unpaired) electrons. The molecular formula is C23H22ClN3O3. The van der Waals surface area contributed by atoms with Gasteiger partial charge in [-0.15, -0.1) is 0 Å². The molecule has 1 saturated carbocycles. The fourth-order valence-electron chi connectivity index (χ4n) is 4.32. The summed E-state index contributed by atoms with van der Waals surface area (Å²) < 4.78 is 10.8. The van der Waals surface area contributed by atoms with Crippen LogP contribution in [0.5, 0.6) is 5.75 Å². The van der Waals surface area contributed by atoms with Crippen LogP contribution in [-0.2, 0) is 10.2 Å². The van der Waals surface area contributed by atoms with Crippen LogP contribution in [0.25, 0.3) is 11.4 Å². The number of halogens is 1. The maximum absolute atomic E-state index is 13.6. The lowest BCUT2D eigenvalue weighted by atomic mass is 9.94. The van der Waals surface area contributed by atoms with Gasteiger partial charge in [-0.2, -0.15) is 4.98 Å². The molecular weight excluding hydrogens is 402 g/mol. The number of rotatable bonds is 5. The Bertz CT molecular complexity index is 1080. The van der Waals surface area contributed by atoms with Crippen LogP contribution >= 0.6 is 11.6 Å². The van der Waals surface area contributed by atoms with Crippen LogP contribution in [0.15, 0.2) is 53.1 Å². The molecule has 2 heterocycles. The van der Waals surface area contributed by atoms with Gasteiger partial charge in [0.05, 0.1) is 17.5 Å². The first-order chi connectivity index (χ1) is 14.6. The van der Waals surface area contributed by atoms with Gasteiger partial charge in [-0.1, -0.05) is 41.0 Å². The van der Waals surface area contributed by atoms with Gasteiger partial charge in [0.2, 0.25) is 17.6 Å². The summed E-state index contributed by atoms with van der Waals surface area (Å²) in [6.45, 7) is 0.700. The molecule has 1 aliphatic carbocycles. The van der Waals surface area contributed by atoms with Gasteiger partial charge < -0.3 is 14.2 Å². The number of nitrogens with zero attached hydrogens (tertiary/aromatic N) is 3. The summed E-state index contributed by atoms with van der Waals surface area (Å²) in [6, 6.07) is 15.0. The number of ether oxygens (including phenoxy) is 1. The number of methoxy groups -OCH3 is 1. The Balaban J connectivity index is 1.40. The highest BCUT2D eigenvalue weighted by atomic mass is 35.5. The third-order valence-electron chi connectivity index (χ3n) is 6.16. The number of benzene rings is 2. The van der Waals surface area contributed by atoms with E-state index in [0.717, 1.165) is 42.6 Å². The molecule has 0 spiro atoms. The summed E-state index contributed by atoms with van der Waals surface area (Å²) >= 11 is 6.27. The zero-order valence-electron chi connectivity index (χ0n) is 16.7. The quantitative estimate of drug-likeness (QED) is 0.590. The van der Waals surface area contributed by atoms with Crippen molar-refractivity contribution < 1.29 is 14.1 Å². The van der Waals surface area contributed by atoms with Gasteiger partial charge in [-0.3, -0.25) is 4.79 Å². The number of carbonyl (C=O) groups is 1. The third-order valence-corrected chi connectivity index (χ3v) is 6.49. The van der Waals surface area contributed by atoms with Crippen molar-refractivity contribution in [3.8, 4) is 17.1 Å². The number of carbonyl (C=O) groups excluding carboxylic acids is 1. The van der Waals surface area contributed by atoms with E-state index in [9.17, 15) is 4.79 Å². The molecule has 2 fully saturated rings. The third kappa shape index (κ3) is 3.16. The predicted octanol–water partition coefficient (Wildman–Crippen LogP) is 4.79. The van der Waals surface area contributed by atoms with Crippen molar-refractivity contribution in [2.75, 3.05) is 13.7 Å². The van der Waals surface area contributed by atoms with E-state index in [1.807, 2.05) is 47.4 Å². The summed E-state index contributed by atoms with van der Waals surface area (Å²) in [4.78, 5) is 20.1. The Morgan fingerprint density at radius 1 is 1.20 bits per heavy atom. The summed E-state index contributed by atoms with van der Waals surface area (Å²) in [5, 5.41) is 4.69. The van der Waals surface area contributed by atoms with Crippen molar-refractivity contribution >= 4 is 17.5 Å². The molecule has 7 heteroatoms. The van der Waals surface area contributed by atoms with Crippen molar-refractivity contribution in [1.29, 1.82) is 0 Å². The lowest BCUT2D eigenvalue weighted by Crippen LogP contribution is -2.39. The average molecular weight is 424 g/mol. The normalized spacial score (nSPS) is 19.7. The Morgan fingerprint density at radius 2 is 1.97 bits per heavy atom. The zero-order chi connectivity index (χ0) is 20.7. The highest BCUT2D eigenvalue weighted by Gasteiger charge is 2.55. The molecule has 0 bridgehead atoms. The molecule has 0 N–H and O–H groups in total. The van der Waals surface area contributed by atoms with Gasteiger partial charge >= 0.3 is 0 Å². The fourth-order valence-corrected chi connectivity index (χ4v) is 4.55. The molecule has 2 aromatic carbocycles. The van der Waals surface area contributed by atoms with Crippen molar-refractivity contribution in [1.82, 2.24) is 15.0 Å². The van der Waals surface area contributed by atoms with E-state index in [4.69, 9.17) is 20.9 Å². The van der Waals surface area contributed by atoms with Crippen LogP contribution in [-0.4, -0.2) is 34.6 Å². The van der Waals surface area contributed by atoms with E-state index >= 15 is 0 Å². The summed E-state index contributed by atoms with van der Waals surface area (Å²) in [7, 11) is 1.64. The van der Waals surface area contributed by atoms with Crippen LogP contribution in [0.1, 0.15) is 43.2 Å². The molecule has 6 nitrogen and oxygen atoms in total. The SMILES string of the molecule is COc1ccc(C2(C(=O)N3CCC[C@H]3c3nc(-c4ccccc4Cl)no3)CC2)cc1. The van der Waals surface area contributed by atoms with E-state index in [1.54, 1.807) is 13.2 Å². The minimum atomic E-state index is -0.444. The van der Waals surface area contributed by atoms with E-state index in [0.29, 0.717) is 23.3 Å². The number of amides is 1. The maximum Gasteiger partial charge on any atom is 0.249 e. The first-order valence-corrected chi connectivity index (χ1v) is 10.5. The maximum atomic E-state index is 13.6. The van der Waals surface area contributed by atoms with Crippen LogP contribution in [0.2, 0.25) is 5.02 Å². The number of hydrogen-bond acceptors (Lipinski definition) is 5. The summed E-state index contributed by atoms with van der Waals surface area (Å²) in [5.74, 6) is 1.86. The predicted molar refractivity (Wildman–Crippen MR) is 112 cm³/mol. The van der Waals surface area contributed by atoms with Gasteiger partial charge in [0.25, 0.3) is 0 Å². The largest absolute Gasteiger partial charge is 0.497 e. The number of likely N-dealkylation sites (tertiary alicyclic amines) is 1. The Morgan fingerprint density at radius 3 is 2.67 bits per heavy atom. The lowest BCUT2D eigenvalue weighted by molar-refractivity contribution is -0.135. The molecule has 1 aromatic heterocycles. The van der Waals surface area contributed by atoms with Gasteiger partial charge in [0.15, 0.2) is 0 Å². The molecule has 1 atom stereocenters. The molecule has 1 saturated heterocycles. The average Bonchev–Trinajstić information content (AvgIpc) is 3.20. The lowest BCUT2D eigenvalue weighted by Gasteiger charge is -2.27. The molecule has 154 valence electrons. The second-order valence-corrected chi connectivity index (χ2v) is 8.31. The molecule has 1 amide bonds. The van der Waals surface area contributed by atoms with Crippen molar-refractivity contribution in [2.45, 2.75) is 37.1 Å². The van der Waals surface area contributed by atoms with E-state index < -0.39 is 5.41 Å². The van der Waals surface area contributed by atoms with E-state index in [2.05, 4.69) is 10.1 Å². The first-order valence-electron chi connectivity index (χ1n) is 10.2. The van der Waals surface area contributed by atoms with Gasteiger partial charge in [0, 0.05) is 12.1 Å². The number of hydrogen-bond donors (Lipinski definition) is 0. The molecule has 1 aliphatic heterocycles. The van der Waals surface area contributed by atoms with Crippen molar-refractivity contribution in [2.24, 2.45) is 0 Å². The molecule has 30 heavy (non-hydrogen) atoms. The Kier molecular flexibility index (Phi) is 4.74. The standard InChI is InChI=1S/C23H22ClN3O3/c1-29-16-10-8-15(9-11-16)23(12-13-23)22(28)27-14-4-7-19(27)21-25-20(26-30-21)17-5-2-3-6-18(17)24/h2-3,5-6,8-11,19H,4,7,12-14H2,1H3/t19-/m0/s1. The number of aromatic nitrogens is 2. The van der Waals surface area contributed by atoms with Gasteiger partial charge in [-0.25, -0.2) is 0 Å². The van der Waals surface area contributed by atoms with Crippen LogP contribution in [0.4, 0.5) is 0 Å². The fraction of sp³-hybridized carbons (Fsp3) is 0.348. The first kappa shape index (κ1) is 19.1. The molecule has 2 aliphatic rings. The highest BCUT2D eigenvalue weighted by molar-refractivity contribution is 6.33. The second kappa shape index (κ2) is 7.43. The summed E-state index contributed by atoms with van der Waals surface area (Å²) in [5.41, 5.74) is 1.32. The second-order valence-electron chi connectivity index (χ2n) is 7.90. The minimum Gasteiger partial charge on any atom is -0.497 e. The van der Waals surface area contributed by atoms with Gasteiger partial charge in [0.1, 0.15) is 11.8 Å². The zero-order valence-corrected chi connectivity index (χ0v) is 17.4. The Hall–Kier alpha value is -2.86.